The van der Waals surface area contributed by atoms with Crippen LogP contribution in [0.15, 0.2) is 71.3 Å². The molecule has 35 heavy (non-hydrogen) atoms. The van der Waals surface area contributed by atoms with Gasteiger partial charge >= 0.3 is 0 Å². The fourth-order valence-electron chi connectivity index (χ4n) is 4.71. The number of carbonyl (C=O) groups is 2. The van der Waals surface area contributed by atoms with Crippen LogP contribution in [0.25, 0.3) is 0 Å². The molecule has 1 fully saturated rings. The van der Waals surface area contributed by atoms with Crippen molar-refractivity contribution in [2.45, 2.75) is 31.8 Å². The van der Waals surface area contributed by atoms with E-state index in [9.17, 15) is 9.59 Å². The molecule has 7 nitrogen and oxygen atoms in total. The zero-order valence-electron chi connectivity index (χ0n) is 20.7. The number of aryl methyl sites for hydroxylation is 1. The van der Waals surface area contributed by atoms with Gasteiger partial charge in [-0.25, -0.2) is 0 Å². The van der Waals surface area contributed by atoms with Crippen LogP contribution >= 0.6 is 0 Å². The van der Waals surface area contributed by atoms with Crippen molar-refractivity contribution in [2.75, 3.05) is 32.6 Å². The molecule has 2 aromatic carbocycles. The summed E-state index contributed by atoms with van der Waals surface area (Å²) in [5, 5.41) is 3.14. The van der Waals surface area contributed by atoms with Crippen LogP contribution in [-0.2, 0) is 9.59 Å². The topological polar surface area (TPSA) is 75.0 Å². The fraction of sp³-hybridized carbons (Fsp3) is 0.357. The average molecular weight is 476 g/mol. The number of amides is 2. The highest BCUT2D eigenvalue weighted by Crippen LogP contribution is 2.40. The van der Waals surface area contributed by atoms with Gasteiger partial charge in [0.1, 0.15) is 11.5 Å². The Morgan fingerprint density at radius 1 is 1.14 bits per heavy atom. The number of likely N-dealkylation sites (N-methyl/N-ethyl adjacent to an activating group) is 1. The Kier molecular flexibility index (Phi) is 7.56. The first kappa shape index (κ1) is 24.5. The van der Waals surface area contributed by atoms with Gasteiger partial charge in [0.15, 0.2) is 0 Å². The van der Waals surface area contributed by atoms with E-state index in [0.717, 1.165) is 28.3 Å². The van der Waals surface area contributed by atoms with Crippen molar-refractivity contribution in [1.29, 1.82) is 0 Å². The van der Waals surface area contributed by atoms with E-state index in [1.165, 1.54) is 0 Å². The zero-order valence-corrected chi connectivity index (χ0v) is 20.7. The first-order valence-corrected chi connectivity index (χ1v) is 11.9. The summed E-state index contributed by atoms with van der Waals surface area (Å²) in [5.41, 5.74) is 2.80. The van der Waals surface area contributed by atoms with Gasteiger partial charge in [0.25, 0.3) is 0 Å². The average Bonchev–Trinajstić information content (AvgIpc) is 3.39. The fourth-order valence-corrected chi connectivity index (χ4v) is 4.71. The van der Waals surface area contributed by atoms with Gasteiger partial charge in [0.2, 0.25) is 11.8 Å². The van der Waals surface area contributed by atoms with E-state index >= 15 is 0 Å². The van der Waals surface area contributed by atoms with Gasteiger partial charge in [0, 0.05) is 18.7 Å². The van der Waals surface area contributed by atoms with Crippen LogP contribution in [0.5, 0.6) is 5.75 Å². The molecule has 3 aromatic rings. The second-order valence-electron chi connectivity index (χ2n) is 9.20. The smallest absolute Gasteiger partial charge is 0.227 e. The highest BCUT2D eigenvalue weighted by atomic mass is 16.5. The maximum atomic E-state index is 13.6. The van der Waals surface area contributed by atoms with E-state index < -0.39 is 12.0 Å². The Labute approximate surface area is 206 Å². The minimum atomic E-state index is -0.425. The molecule has 1 N–H and O–H groups in total. The molecule has 4 rings (SSSR count). The normalized spacial score (nSPS) is 19.0. The third-order valence-corrected chi connectivity index (χ3v) is 6.67. The first-order chi connectivity index (χ1) is 16.9. The lowest BCUT2D eigenvalue weighted by molar-refractivity contribution is -0.129. The van der Waals surface area contributed by atoms with Crippen molar-refractivity contribution in [3.8, 4) is 5.75 Å². The molecular formula is C28H33N3O4. The molecule has 0 spiro atoms. The molecule has 0 aliphatic carbocycles. The molecular weight excluding hydrogens is 442 g/mol. The summed E-state index contributed by atoms with van der Waals surface area (Å²) in [7, 11) is 5.53. The number of ether oxygens (including phenoxy) is 1. The Bertz CT molecular complexity index is 1120. The number of rotatable bonds is 8. The molecule has 0 radical (unpaired) electrons. The van der Waals surface area contributed by atoms with Gasteiger partial charge in [-0.15, -0.1) is 0 Å². The van der Waals surface area contributed by atoms with Crippen molar-refractivity contribution in [3.05, 3.63) is 83.8 Å². The van der Waals surface area contributed by atoms with Crippen molar-refractivity contribution in [3.63, 3.8) is 0 Å². The Hall–Kier alpha value is -3.58. The van der Waals surface area contributed by atoms with Gasteiger partial charge in [-0.3, -0.25) is 14.5 Å². The van der Waals surface area contributed by atoms with E-state index in [-0.39, 0.29) is 17.9 Å². The summed E-state index contributed by atoms with van der Waals surface area (Å²) in [6.07, 6.45) is 2.44. The number of furan rings is 1. The number of methoxy groups -OCH3 is 1. The summed E-state index contributed by atoms with van der Waals surface area (Å²) >= 11 is 0. The quantitative estimate of drug-likeness (QED) is 0.519. The molecule has 0 saturated carbocycles. The molecule has 184 valence electrons. The number of piperidine rings is 1. The standard InChI is InChI=1S/C28H33N3O4/c1-19-7-11-21(12-8-19)31-26(32)16-15-23(27(31)20-9-13-22(34-4)14-10-20)28(33)29-18-24(30(2)3)25-6-5-17-35-25/h5-14,17,23-24,27H,15-16,18H2,1-4H3,(H,29,33). The van der Waals surface area contributed by atoms with Crippen LogP contribution in [-0.4, -0.2) is 44.5 Å². The summed E-state index contributed by atoms with van der Waals surface area (Å²) in [6.45, 7) is 2.42. The third kappa shape index (κ3) is 5.41. The van der Waals surface area contributed by atoms with Crippen LogP contribution < -0.4 is 15.0 Å². The first-order valence-electron chi connectivity index (χ1n) is 11.9. The SMILES string of the molecule is COc1ccc(C2C(C(=O)NCC(c3ccco3)N(C)C)CCC(=O)N2c2ccc(C)cc2)cc1. The van der Waals surface area contributed by atoms with Crippen molar-refractivity contribution in [1.82, 2.24) is 10.2 Å². The lowest BCUT2D eigenvalue weighted by atomic mass is 9.83. The Morgan fingerprint density at radius 2 is 1.86 bits per heavy atom. The van der Waals surface area contributed by atoms with E-state index in [0.29, 0.717) is 19.4 Å². The number of anilines is 1. The predicted molar refractivity (Wildman–Crippen MR) is 135 cm³/mol. The van der Waals surface area contributed by atoms with Gasteiger partial charge in [-0.05, 0) is 69.4 Å². The summed E-state index contributed by atoms with van der Waals surface area (Å²) < 4.78 is 10.9. The molecule has 1 saturated heterocycles. The Morgan fingerprint density at radius 3 is 2.46 bits per heavy atom. The molecule has 1 aromatic heterocycles. The highest BCUT2D eigenvalue weighted by Gasteiger charge is 2.41. The molecule has 3 atom stereocenters. The van der Waals surface area contributed by atoms with E-state index in [1.54, 1.807) is 18.3 Å². The van der Waals surface area contributed by atoms with Crippen LogP contribution in [0.3, 0.4) is 0 Å². The molecule has 1 aliphatic rings. The largest absolute Gasteiger partial charge is 0.497 e. The van der Waals surface area contributed by atoms with Gasteiger partial charge < -0.3 is 19.4 Å². The lowest BCUT2D eigenvalue weighted by Gasteiger charge is -2.41. The monoisotopic (exact) mass is 475 g/mol. The van der Waals surface area contributed by atoms with Crippen molar-refractivity contribution < 1.29 is 18.7 Å². The second kappa shape index (κ2) is 10.8. The molecule has 7 heteroatoms. The highest BCUT2D eigenvalue weighted by molar-refractivity contribution is 5.97. The van der Waals surface area contributed by atoms with E-state index in [1.807, 2.05) is 86.6 Å². The number of benzene rings is 2. The van der Waals surface area contributed by atoms with Gasteiger partial charge in [-0.1, -0.05) is 29.8 Å². The molecule has 2 amide bonds. The van der Waals surface area contributed by atoms with Crippen molar-refractivity contribution >= 4 is 17.5 Å². The predicted octanol–water partition coefficient (Wildman–Crippen LogP) is 4.50. The molecule has 0 bridgehead atoms. The van der Waals surface area contributed by atoms with Crippen molar-refractivity contribution in [2.24, 2.45) is 5.92 Å². The maximum absolute atomic E-state index is 13.6. The second-order valence-corrected chi connectivity index (χ2v) is 9.20. The van der Waals surface area contributed by atoms with E-state index in [4.69, 9.17) is 9.15 Å². The number of carbonyl (C=O) groups excluding carboxylic acids is 2. The van der Waals surface area contributed by atoms with Crippen LogP contribution in [0.4, 0.5) is 5.69 Å². The van der Waals surface area contributed by atoms with Gasteiger partial charge in [-0.2, -0.15) is 0 Å². The third-order valence-electron chi connectivity index (χ3n) is 6.67. The van der Waals surface area contributed by atoms with Crippen LogP contribution in [0.2, 0.25) is 0 Å². The maximum Gasteiger partial charge on any atom is 0.227 e. The number of nitrogens with zero attached hydrogens (tertiary/aromatic N) is 2. The number of nitrogens with one attached hydrogen (secondary N) is 1. The zero-order chi connectivity index (χ0) is 24.9. The summed E-state index contributed by atoms with van der Waals surface area (Å²) in [5.74, 6) is 1.06. The molecule has 2 heterocycles. The van der Waals surface area contributed by atoms with Crippen LogP contribution in [0, 0.1) is 12.8 Å². The van der Waals surface area contributed by atoms with Gasteiger partial charge in [0.05, 0.1) is 31.4 Å². The minimum absolute atomic E-state index is 0.0143. The van der Waals surface area contributed by atoms with E-state index in [2.05, 4.69) is 5.32 Å². The Balaban J connectivity index is 1.64. The molecule has 1 aliphatic heterocycles. The van der Waals surface area contributed by atoms with Crippen LogP contribution in [0.1, 0.15) is 41.8 Å². The lowest BCUT2D eigenvalue weighted by Crippen LogP contribution is -2.49. The summed E-state index contributed by atoms with van der Waals surface area (Å²) in [4.78, 5) is 30.6. The number of hydrogen-bond acceptors (Lipinski definition) is 5. The molecule has 3 unspecified atom stereocenters. The minimum Gasteiger partial charge on any atom is -0.497 e. The number of hydrogen-bond donors (Lipinski definition) is 1. The summed E-state index contributed by atoms with van der Waals surface area (Å²) in [6, 6.07) is 18.7.